The maximum Gasteiger partial charge on any atom is 0.229 e. The van der Waals surface area contributed by atoms with Crippen molar-refractivity contribution in [2.75, 3.05) is 74.4 Å². The van der Waals surface area contributed by atoms with Crippen molar-refractivity contribution in [3.8, 4) is 11.5 Å². The molecule has 2 N–H and O–H groups in total. The number of anilines is 6. The molecule has 0 spiro atoms. The molecule has 212 valence electrons. The van der Waals surface area contributed by atoms with Crippen LogP contribution in [0, 0.1) is 0 Å². The van der Waals surface area contributed by atoms with Gasteiger partial charge in [-0.3, -0.25) is 4.79 Å². The molecule has 0 bridgehead atoms. The number of piperazine rings is 1. The smallest absolute Gasteiger partial charge is 0.229 e. The van der Waals surface area contributed by atoms with Crippen LogP contribution in [0.5, 0.6) is 11.5 Å². The van der Waals surface area contributed by atoms with Gasteiger partial charge in [0.05, 0.1) is 37.5 Å². The molecule has 2 aliphatic heterocycles. The lowest BCUT2D eigenvalue weighted by Crippen LogP contribution is -2.44. The van der Waals surface area contributed by atoms with Gasteiger partial charge in [-0.2, -0.15) is 4.98 Å². The standard InChI is InChI=1S/C29H36ClN7O3/c1-5-37-24-12-11-23(27(40-4)20(24)7-6-8-26(37)38)33-29-31-18-21(30)28(34-29)32-22-10-9-19(17-25(22)39-3)36-15-13-35(2)14-16-36/h9-12,17-18H,5-8,13-16H2,1-4H3,(H2,31,32,33,34). The van der Waals surface area contributed by atoms with Crippen molar-refractivity contribution < 1.29 is 14.3 Å². The summed E-state index contributed by atoms with van der Waals surface area (Å²) in [6, 6.07) is 9.94. The maximum atomic E-state index is 12.6. The molecule has 0 unspecified atom stereocenters. The third kappa shape index (κ3) is 5.73. The molecule has 3 heterocycles. The Morgan fingerprint density at radius 3 is 2.50 bits per heavy atom. The summed E-state index contributed by atoms with van der Waals surface area (Å²) in [5, 5.41) is 6.97. The van der Waals surface area contributed by atoms with E-state index in [0.29, 0.717) is 46.9 Å². The Morgan fingerprint density at radius 1 is 1.00 bits per heavy atom. The Kier molecular flexibility index (Phi) is 8.46. The van der Waals surface area contributed by atoms with Gasteiger partial charge in [-0.15, -0.1) is 0 Å². The molecule has 1 saturated heterocycles. The van der Waals surface area contributed by atoms with Gasteiger partial charge < -0.3 is 34.8 Å². The number of carbonyl (C=O) groups is 1. The number of amides is 1. The summed E-state index contributed by atoms with van der Waals surface area (Å²) in [5.41, 5.74) is 4.47. The lowest BCUT2D eigenvalue weighted by Gasteiger charge is -2.34. The normalized spacial score (nSPS) is 15.9. The first-order chi connectivity index (χ1) is 19.4. The first-order valence-electron chi connectivity index (χ1n) is 13.6. The number of likely N-dealkylation sites (N-methyl/N-ethyl adjacent to an activating group) is 1. The lowest BCUT2D eigenvalue weighted by molar-refractivity contribution is -0.118. The molecule has 2 aliphatic rings. The summed E-state index contributed by atoms with van der Waals surface area (Å²) in [6.45, 7) is 6.58. The molecule has 5 rings (SSSR count). The molecule has 2 aromatic carbocycles. The minimum absolute atomic E-state index is 0.132. The summed E-state index contributed by atoms with van der Waals surface area (Å²) in [6.07, 6.45) is 3.58. The van der Waals surface area contributed by atoms with Gasteiger partial charge in [0.15, 0.2) is 5.82 Å². The highest BCUT2D eigenvalue weighted by molar-refractivity contribution is 6.33. The van der Waals surface area contributed by atoms with Crippen LogP contribution in [0.25, 0.3) is 0 Å². The lowest BCUT2D eigenvalue weighted by atomic mass is 10.0. The molecule has 0 aliphatic carbocycles. The summed E-state index contributed by atoms with van der Waals surface area (Å²) >= 11 is 6.50. The number of nitrogens with one attached hydrogen (secondary N) is 2. The van der Waals surface area contributed by atoms with Gasteiger partial charge in [0.1, 0.15) is 16.5 Å². The first-order valence-corrected chi connectivity index (χ1v) is 14.0. The number of carbonyl (C=O) groups excluding carboxylic acids is 1. The fraction of sp³-hybridized carbons (Fsp3) is 0.414. The molecule has 0 saturated carbocycles. The van der Waals surface area contributed by atoms with Gasteiger partial charge >= 0.3 is 0 Å². The number of halogens is 1. The predicted octanol–water partition coefficient (Wildman–Crippen LogP) is 5.08. The zero-order valence-electron chi connectivity index (χ0n) is 23.5. The number of rotatable bonds is 8. The molecule has 1 fully saturated rings. The van der Waals surface area contributed by atoms with E-state index in [2.05, 4.69) is 43.5 Å². The predicted molar refractivity (Wildman–Crippen MR) is 160 cm³/mol. The Balaban J connectivity index is 1.39. The maximum absolute atomic E-state index is 12.6. The number of fused-ring (bicyclic) bond motifs is 1. The second-order valence-electron chi connectivity index (χ2n) is 9.95. The SMILES string of the molecule is CCN1C(=O)CCCc2c1ccc(Nc1ncc(Cl)c(Nc3ccc(N4CCN(C)CC4)cc3OC)n1)c2OC. The van der Waals surface area contributed by atoms with Crippen LogP contribution in [0.3, 0.4) is 0 Å². The van der Waals surface area contributed by atoms with Crippen molar-refractivity contribution in [1.82, 2.24) is 14.9 Å². The van der Waals surface area contributed by atoms with Gasteiger partial charge in [0.25, 0.3) is 0 Å². The molecule has 0 atom stereocenters. The molecule has 1 amide bonds. The molecular weight excluding hydrogens is 530 g/mol. The highest BCUT2D eigenvalue weighted by Crippen LogP contribution is 2.40. The van der Waals surface area contributed by atoms with Crippen molar-refractivity contribution in [2.45, 2.75) is 26.2 Å². The van der Waals surface area contributed by atoms with Crippen LogP contribution in [-0.2, 0) is 11.2 Å². The van der Waals surface area contributed by atoms with Crippen LogP contribution in [0.4, 0.5) is 34.5 Å². The molecule has 10 nitrogen and oxygen atoms in total. The van der Waals surface area contributed by atoms with Crippen LogP contribution < -0.4 is 29.9 Å². The minimum Gasteiger partial charge on any atom is -0.494 e. The van der Waals surface area contributed by atoms with Crippen molar-refractivity contribution in [3.05, 3.63) is 47.1 Å². The second-order valence-corrected chi connectivity index (χ2v) is 10.4. The van der Waals surface area contributed by atoms with Gasteiger partial charge in [0, 0.05) is 56.5 Å². The molecule has 1 aromatic heterocycles. The molecular formula is C29H36ClN7O3. The number of hydrogen-bond acceptors (Lipinski definition) is 9. The third-order valence-electron chi connectivity index (χ3n) is 7.46. The van der Waals surface area contributed by atoms with Gasteiger partial charge in [-0.1, -0.05) is 11.6 Å². The van der Waals surface area contributed by atoms with E-state index in [9.17, 15) is 4.79 Å². The number of nitrogens with zero attached hydrogens (tertiary/aromatic N) is 5. The fourth-order valence-corrected chi connectivity index (χ4v) is 5.42. The summed E-state index contributed by atoms with van der Waals surface area (Å²) in [7, 11) is 5.43. The number of hydrogen-bond donors (Lipinski definition) is 2. The van der Waals surface area contributed by atoms with E-state index >= 15 is 0 Å². The zero-order chi connectivity index (χ0) is 28.2. The molecule has 3 aromatic rings. The quantitative estimate of drug-likeness (QED) is 0.388. The Morgan fingerprint density at radius 2 is 1.77 bits per heavy atom. The molecule has 40 heavy (non-hydrogen) atoms. The topological polar surface area (TPSA) is 95.1 Å². The van der Waals surface area contributed by atoms with Gasteiger partial charge in [-0.05, 0) is 51.1 Å². The van der Waals surface area contributed by atoms with Crippen molar-refractivity contribution in [3.63, 3.8) is 0 Å². The molecule has 0 radical (unpaired) electrons. The van der Waals surface area contributed by atoms with Gasteiger partial charge in [0.2, 0.25) is 11.9 Å². The van der Waals surface area contributed by atoms with Crippen molar-refractivity contribution in [2.24, 2.45) is 0 Å². The third-order valence-corrected chi connectivity index (χ3v) is 7.74. The van der Waals surface area contributed by atoms with Crippen LogP contribution in [0.1, 0.15) is 25.3 Å². The average Bonchev–Trinajstić information content (AvgIpc) is 3.13. The van der Waals surface area contributed by atoms with E-state index in [4.69, 9.17) is 21.1 Å². The van der Waals surface area contributed by atoms with E-state index in [1.54, 1.807) is 20.4 Å². The van der Waals surface area contributed by atoms with Crippen LogP contribution in [0.2, 0.25) is 5.02 Å². The highest BCUT2D eigenvalue weighted by atomic mass is 35.5. The largest absolute Gasteiger partial charge is 0.494 e. The van der Waals surface area contributed by atoms with E-state index in [-0.39, 0.29) is 5.91 Å². The monoisotopic (exact) mass is 565 g/mol. The summed E-state index contributed by atoms with van der Waals surface area (Å²) < 4.78 is 11.5. The highest BCUT2D eigenvalue weighted by Gasteiger charge is 2.25. The fourth-order valence-electron chi connectivity index (χ4n) is 5.28. The Bertz CT molecular complexity index is 1380. The molecule has 11 heteroatoms. The average molecular weight is 566 g/mol. The van der Waals surface area contributed by atoms with E-state index in [0.717, 1.165) is 61.6 Å². The summed E-state index contributed by atoms with van der Waals surface area (Å²) in [4.78, 5) is 28.1. The summed E-state index contributed by atoms with van der Waals surface area (Å²) in [5.74, 6) is 2.31. The van der Waals surface area contributed by atoms with E-state index in [1.807, 2.05) is 36.1 Å². The number of methoxy groups -OCH3 is 2. The van der Waals surface area contributed by atoms with Gasteiger partial charge in [-0.25, -0.2) is 4.98 Å². The van der Waals surface area contributed by atoms with Crippen molar-refractivity contribution >= 4 is 52.0 Å². The van der Waals surface area contributed by atoms with E-state index < -0.39 is 0 Å². The minimum atomic E-state index is 0.132. The number of ether oxygens (including phenoxy) is 2. The van der Waals surface area contributed by atoms with Crippen LogP contribution in [-0.4, -0.2) is 74.8 Å². The second kappa shape index (κ2) is 12.2. The van der Waals surface area contributed by atoms with E-state index in [1.165, 1.54) is 0 Å². The number of aromatic nitrogens is 2. The number of benzene rings is 2. The first kappa shape index (κ1) is 27.8. The Hall–Kier alpha value is -3.76. The van der Waals surface area contributed by atoms with Crippen molar-refractivity contribution in [1.29, 1.82) is 0 Å². The van der Waals surface area contributed by atoms with Crippen LogP contribution >= 0.6 is 11.6 Å². The zero-order valence-corrected chi connectivity index (χ0v) is 24.2. The Labute approximate surface area is 240 Å². The van der Waals surface area contributed by atoms with Crippen LogP contribution in [0.15, 0.2) is 36.5 Å².